The smallest absolute Gasteiger partial charge is 0.295 e. The summed E-state index contributed by atoms with van der Waals surface area (Å²) in [6.07, 6.45) is 0. The number of anilines is 1. The number of fused-ring (bicyclic) bond motifs is 1. The number of hydrogen-bond acceptors (Lipinski definition) is 6. The molecule has 0 atom stereocenters. The zero-order valence-corrected chi connectivity index (χ0v) is 13.1. The van der Waals surface area contributed by atoms with Gasteiger partial charge >= 0.3 is 0 Å². The molecule has 0 aliphatic rings. The first-order chi connectivity index (χ1) is 10.4. The van der Waals surface area contributed by atoms with Crippen LogP contribution in [-0.4, -0.2) is 37.0 Å². The van der Waals surface area contributed by atoms with Crippen LogP contribution in [0.2, 0.25) is 0 Å². The summed E-state index contributed by atoms with van der Waals surface area (Å²) in [6, 6.07) is 3.60. The van der Waals surface area contributed by atoms with E-state index in [1.807, 2.05) is 0 Å². The zero-order valence-electron chi connectivity index (χ0n) is 11.5. The molecule has 0 aliphatic carbocycles. The van der Waals surface area contributed by atoms with E-state index in [4.69, 9.17) is 0 Å². The van der Waals surface area contributed by atoms with Crippen LogP contribution in [-0.2, 0) is 25.0 Å². The molecular weight excluding hydrogens is 350 g/mol. The van der Waals surface area contributed by atoms with Crippen LogP contribution in [0.5, 0.6) is 5.75 Å². The fraction of sp³-hybridized carbons (Fsp3) is 0.0833. The van der Waals surface area contributed by atoms with Gasteiger partial charge in [-0.15, -0.1) is 0 Å². The first-order valence-electron chi connectivity index (χ1n) is 5.94. The van der Waals surface area contributed by atoms with Crippen LogP contribution in [0.1, 0.15) is 6.92 Å². The molecule has 2 aromatic carbocycles. The van der Waals surface area contributed by atoms with Gasteiger partial charge < -0.3 is 10.4 Å². The van der Waals surface area contributed by atoms with Crippen LogP contribution in [0.3, 0.4) is 0 Å². The van der Waals surface area contributed by atoms with Crippen molar-refractivity contribution < 1.29 is 35.8 Å². The van der Waals surface area contributed by atoms with E-state index in [-0.39, 0.29) is 11.1 Å². The van der Waals surface area contributed by atoms with Gasteiger partial charge in [-0.2, -0.15) is 16.8 Å². The van der Waals surface area contributed by atoms with Crippen LogP contribution in [0.4, 0.5) is 5.69 Å². The summed E-state index contributed by atoms with van der Waals surface area (Å²) < 4.78 is 64.5. The Labute approximate surface area is 131 Å². The van der Waals surface area contributed by atoms with Crippen LogP contribution < -0.4 is 5.32 Å². The maximum atomic E-state index is 11.5. The number of carbonyl (C=O) groups is 1. The normalized spacial score (nSPS) is 12.3. The highest BCUT2D eigenvalue weighted by molar-refractivity contribution is 7.87. The molecule has 11 heteroatoms. The first kappa shape index (κ1) is 17.1. The van der Waals surface area contributed by atoms with Crippen LogP contribution in [0.15, 0.2) is 34.1 Å². The van der Waals surface area contributed by atoms with Gasteiger partial charge in [0.1, 0.15) is 15.5 Å². The van der Waals surface area contributed by atoms with Gasteiger partial charge in [-0.1, -0.05) is 0 Å². The van der Waals surface area contributed by atoms with Crippen molar-refractivity contribution in [1.29, 1.82) is 0 Å². The molecular formula is C12H11NO8S2. The lowest BCUT2D eigenvalue weighted by molar-refractivity contribution is -0.114. The second kappa shape index (κ2) is 5.45. The SMILES string of the molecule is CC(=O)Nc1ccc(S(=O)(=O)O)c2c(S(=O)(=O)O)ccc(O)c12. The Balaban J connectivity index is 3.14. The fourth-order valence-electron chi connectivity index (χ4n) is 2.14. The van der Waals surface area contributed by atoms with Crippen LogP contribution in [0, 0.1) is 0 Å². The highest BCUT2D eigenvalue weighted by Crippen LogP contribution is 2.39. The van der Waals surface area contributed by atoms with Gasteiger partial charge in [0.15, 0.2) is 0 Å². The van der Waals surface area contributed by atoms with Crippen molar-refractivity contribution in [2.24, 2.45) is 0 Å². The minimum absolute atomic E-state index is 0.0945. The van der Waals surface area contributed by atoms with Gasteiger partial charge in [-0.3, -0.25) is 13.9 Å². The van der Waals surface area contributed by atoms with Crippen molar-refractivity contribution in [2.75, 3.05) is 5.32 Å². The van der Waals surface area contributed by atoms with Crippen molar-refractivity contribution in [3.05, 3.63) is 24.3 Å². The Kier molecular flexibility index (Phi) is 4.07. The van der Waals surface area contributed by atoms with Crippen molar-refractivity contribution in [3.8, 4) is 5.75 Å². The third kappa shape index (κ3) is 3.27. The first-order valence-corrected chi connectivity index (χ1v) is 8.82. The molecule has 4 N–H and O–H groups in total. The maximum absolute atomic E-state index is 11.5. The molecule has 0 heterocycles. The summed E-state index contributed by atoms with van der Waals surface area (Å²) in [4.78, 5) is 9.52. The number of hydrogen-bond donors (Lipinski definition) is 4. The second-order valence-electron chi connectivity index (χ2n) is 4.58. The molecule has 0 fully saturated rings. The highest BCUT2D eigenvalue weighted by atomic mass is 32.2. The Bertz CT molecular complexity index is 986. The van der Waals surface area contributed by atoms with E-state index in [0.717, 1.165) is 31.2 Å². The minimum Gasteiger partial charge on any atom is -0.507 e. The summed E-state index contributed by atoms with van der Waals surface area (Å²) >= 11 is 0. The molecule has 1 amide bonds. The number of benzene rings is 2. The maximum Gasteiger partial charge on any atom is 0.295 e. The average molecular weight is 361 g/mol. The lowest BCUT2D eigenvalue weighted by atomic mass is 10.1. The van der Waals surface area contributed by atoms with E-state index >= 15 is 0 Å². The molecule has 0 aromatic heterocycles. The highest BCUT2D eigenvalue weighted by Gasteiger charge is 2.25. The fourth-order valence-corrected chi connectivity index (χ4v) is 3.62. The van der Waals surface area contributed by atoms with Gasteiger partial charge in [0.25, 0.3) is 20.2 Å². The molecule has 2 aromatic rings. The predicted molar refractivity (Wildman–Crippen MR) is 79.5 cm³/mol. The van der Waals surface area contributed by atoms with Crippen LogP contribution in [0.25, 0.3) is 10.8 Å². The van der Waals surface area contributed by atoms with Crippen molar-refractivity contribution in [1.82, 2.24) is 0 Å². The van der Waals surface area contributed by atoms with Gasteiger partial charge in [0.2, 0.25) is 5.91 Å². The monoisotopic (exact) mass is 361 g/mol. The summed E-state index contributed by atoms with van der Waals surface area (Å²) in [5, 5.41) is 11.2. The zero-order chi connectivity index (χ0) is 17.6. The largest absolute Gasteiger partial charge is 0.507 e. The second-order valence-corrected chi connectivity index (χ2v) is 7.36. The number of nitrogens with one attached hydrogen (secondary N) is 1. The third-order valence-corrected chi connectivity index (χ3v) is 4.72. The lowest BCUT2D eigenvalue weighted by Crippen LogP contribution is -2.09. The molecule has 9 nitrogen and oxygen atoms in total. The van der Waals surface area contributed by atoms with E-state index < -0.39 is 47.1 Å². The van der Waals surface area contributed by atoms with E-state index in [2.05, 4.69) is 5.32 Å². The summed E-state index contributed by atoms with van der Waals surface area (Å²) in [5.41, 5.74) is -0.0945. The van der Waals surface area contributed by atoms with E-state index in [0.29, 0.717) is 0 Å². The quantitative estimate of drug-likeness (QED) is 0.589. The molecule has 0 bridgehead atoms. The van der Waals surface area contributed by atoms with E-state index in [1.54, 1.807) is 0 Å². The lowest BCUT2D eigenvalue weighted by Gasteiger charge is -2.14. The van der Waals surface area contributed by atoms with Crippen molar-refractivity contribution in [2.45, 2.75) is 16.7 Å². The number of phenols is 1. The summed E-state index contributed by atoms with van der Waals surface area (Å²) in [5.74, 6) is -1.12. The average Bonchev–Trinajstić information content (AvgIpc) is 2.35. The number of amides is 1. The number of rotatable bonds is 3. The summed E-state index contributed by atoms with van der Waals surface area (Å²) in [6.45, 7) is 1.15. The van der Waals surface area contributed by atoms with Gasteiger partial charge in [0.05, 0.1) is 5.69 Å². The number of phenolic OH excluding ortho intramolecular Hbond substituents is 1. The molecule has 0 saturated heterocycles. The summed E-state index contributed by atoms with van der Waals surface area (Å²) in [7, 11) is -9.75. The van der Waals surface area contributed by atoms with E-state index in [1.165, 1.54) is 0 Å². The molecule has 2 rings (SSSR count). The molecule has 23 heavy (non-hydrogen) atoms. The molecule has 0 aliphatic heterocycles. The van der Waals surface area contributed by atoms with Gasteiger partial charge in [-0.05, 0) is 24.3 Å². The van der Waals surface area contributed by atoms with Crippen LogP contribution >= 0.6 is 0 Å². The molecule has 0 unspecified atom stereocenters. The molecule has 0 spiro atoms. The van der Waals surface area contributed by atoms with Gasteiger partial charge in [-0.25, -0.2) is 0 Å². The Morgan fingerprint density at radius 2 is 1.39 bits per heavy atom. The third-order valence-electron chi connectivity index (χ3n) is 2.93. The number of aromatic hydroxyl groups is 1. The van der Waals surface area contributed by atoms with Crippen molar-refractivity contribution in [3.63, 3.8) is 0 Å². The molecule has 124 valence electrons. The topological polar surface area (TPSA) is 158 Å². The molecule has 0 radical (unpaired) electrons. The predicted octanol–water partition coefficient (Wildman–Crippen LogP) is 0.997. The Morgan fingerprint density at radius 1 is 0.913 bits per heavy atom. The van der Waals surface area contributed by atoms with E-state index in [9.17, 15) is 35.8 Å². The Hall–Kier alpha value is -2.21. The number of carbonyl (C=O) groups excluding carboxylic acids is 1. The Morgan fingerprint density at radius 3 is 1.83 bits per heavy atom. The van der Waals surface area contributed by atoms with Crippen molar-refractivity contribution >= 4 is 42.6 Å². The minimum atomic E-state index is -4.87. The standard InChI is InChI=1S/C12H11NO8S2/c1-6(14)13-7-2-4-9(22(16,17)18)12-10(23(19,20)21)5-3-8(15)11(7)12/h2-5,15H,1H3,(H,13,14)(H,16,17,18)(H,19,20,21). The molecule has 0 saturated carbocycles. The van der Waals surface area contributed by atoms with Gasteiger partial charge in [0, 0.05) is 17.7 Å².